The first kappa shape index (κ1) is 10.4. The maximum atomic E-state index is 12.1. The molecule has 0 saturated carbocycles. The van der Waals surface area contributed by atoms with E-state index in [1.54, 1.807) is 6.07 Å². The molecular weight excluding hydrogens is 232 g/mol. The van der Waals surface area contributed by atoms with Crippen LogP contribution in [0, 0.1) is 0 Å². The van der Waals surface area contributed by atoms with Gasteiger partial charge in [-0.25, -0.2) is 9.88 Å². The number of amides is 2. The molecule has 0 radical (unpaired) electrons. The Hall–Kier alpha value is -2.76. The Morgan fingerprint density at radius 3 is 2.44 bits per heavy atom. The zero-order valence-electron chi connectivity index (χ0n) is 9.20. The number of fused-ring (bicyclic) bond motifs is 1. The van der Waals surface area contributed by atoms with Gasteiger partial charge in [0, 0.05) is 12.4 Å². The molecule has 6 nitrogen and oxygen atoms in total. The van der Waals surface area contributed by atoms with Crippen molar-refractivity contribution in [2.75, 3.05) is 10.6 Å². The zero-order chi connectivity index (χ0) is 12.7. The minimum atomic E-state index is -0.394. The second-order valence-electron chi connectivity index (χ2n) is 3.81. The Labute approximate surface area is 102 Å². The summed E-state index contributed by atoms with van der Waals surface area (Å²) >= 11 is 0. The summed E-state index contributed by atoms with van der Waals surface area (Å²) in [6.07, 6.45) is 4.26. The van der Waals surface area contributed by atoms with E-state index in [1.807, 2.05) is 0 Å². The molecule has 6 heteroatoms. The highest BCUT2D eigenvalue weighted by molar-refractivity contribution is 6.34. The van der Waals surface area contributed by atoms with Crippen LogP contribution in [-0.4, -0.2) is 21.8 Å². The maximum absolute atomic E-state index is 12.1. The van der Waals surface area contributed by atoms with E-state index in [0.717, 1.165) is 4.90 Å². The molecule has 1 aliphatic heterocycles. The van der Waals surface area contributed by atoms with Crippen LogP contribution in [0.4, 0.5) is 11.5 Å². The van der Waals surface area contributed by atoms with Gasteiger partial charge in [0.1, 0.15) is 5.82 Å². The number of nitrogens with zero attached hydrogens (tertiary/aromatic N) is 3. The van der Waals surface area contributed by atoms with Crippen molar-refractivity contribution in [1.29, 1.82) is 0 Å². The van der Waals surface area contributed by atoms with Gasteiger partial charge in [0.05, 0.1) is 23.0 Å². The van der Waals surface area contributed by atoms with E-state index in [0.29, 0.717) is 22.6 Å². The molecule has 0 bridgehead atoms. The van der Waals surface area contributed by atoms with Gasteiger partial charge in [-0.15, -0.1) is 0 Å². The molecule has 0 saturated heterocycles. The van der Waals surface area contributed by atoms with Crippen LogP contribution in [0.2, 0.25) is 0 Å². The molecule has 1 aliphatic rings. The highest BCUT2D eigenvalue weighted by Gasteiger charge is 2.36. The van der Waals surface area contributed by atoms with Crippen LogP contribution in [0.5, 0.6) is 0 Å². The van der Waals surface area contributed by atoms with Gasteiger partial charge in [-0.1, -0.05) is 0 Å². The predicted octanol–water partition coefficient (Wildman–Crippen LogP) is 0.859. The number of rotatable bonds is 1. The summed E-state index contributed by atoms with van der Waals surface area (Å²) in [5, 5.41) is 0. The number of nitrogen functional groups attached to an aromatic ring is 1. The van der Waals surface area contributed by atoms with Crippen LogP contribution in [0.1, 0.15) is 20.7 Å². The SMILES string of the molecule is Nc1ccc(N2C(=O)c3ccncc3C2=O)cn1. The van der Waals surface area contributed by atoms with E-state index in [-0.39, 0.29) is 5.91 Å². The summed E-state index contributed by atoms with van der Waals surface area (Å²) in [5.41, 5.74) is 6.53. The summed E-state index contributed by atoms with van der Waals surface area (Å²) in [6.45, 7) is 0. The molecule has 0 spiro atoms. The van der Waals surface area contributed by atoms with Crippen LogP contribution in [0.3, 0.4) is 0 Å². The predicted molar refractivity (Wildman–Crippen MR) is 64.0 cm³/mol. The van der Waals surface area contributed by atoms with Gasteiger partial charge in [-0.2, -0.15) is 0 Å². The van der Waals surface area contributed by atoms with E-state index in [9.17, 15) is 9.59 Å². The van der Waals surface area contributed by atoms with E-state index < -0.39 is 5.91 Å². The highest BCUT2D eigenvalue weighted by atomic mass is 16.2. The molecule has 88 valence electrons. The lowest BCUT2D eigenvalue weighted by atomic mass is 10.2. The molecule has 2 aromatic heterocycles. The number of imide groups is 1. The van der Waals surface area contributed by atoms with Crippen molar-refractivity contribution in [3.05, 3.63) is 47.9 Å². The third-order valence-electron chi connectivity index (χ3n) is 2.72. The number of carbonyl (C=O) groups excluding carboxylic acids is 2. The number of hydrogen-bond donors (Lipinski definition) is 1. The van der Waals surface area contributed by atoms with Crippen LogP contribution < -0.4 is 10.6 Å². The van der Waals surface area contributed by atoms with Crippen molar-refractivity contribution < 1.29 is 9.59 Å². The molecule has 18 heavy (non-hydrogen) atoms. The average molecular weight is 240 g/mol. The van der Waals surface area contributed by atoms with Crippen molar-refractivity contribution in [1.82, 2.24) is 9.97 Å². The molecule has 3 rings (SSSR count). The lowest BCUT2D eigenvalue weighted by Gasteiger charge is -2.12. The van der Waals surface area contributed by atoms with Crippen molar-refractivity contribution in [3.63, 3.8) is 0 Å². The molecular formula is C12H8N4O2. The number of carbonyl (C=O) groups is 2. The summed E-state index contributed by atoms with van der Waals surface area (Å²) in [6, 6.07) is 4.65. The van der Waals surface area contributed by atoms with Crippen molar-refractivity contribution in [2.45, 2.75) is 0 Å². The largest absolute Gasteiger partial charge is 0.384 e. The lowest BCUT2D eigenvalue weighted by molar-refractivity contribution is 0.0926. The first-order chi connectivity index (χ1) is 8.68. The summed E-state index contributed by atoms with van der Waals surface area (Å²) in [4.78, 5) is 33.0. The lowest BCUT2D eigenvalue weighted by Crippen LogP contribution is -2.29. The summed E-state index contributed by atoms with van der Waals surface area (Å²) in [7, 11) is 0. The van der Waals surface area contributed by atoms with Crippen LogP contribution >= 0.6 is 0 Å². The molecule has 2 aromatic rings. The summed E-state index contributed by atoms with van der Waals surface area (Å²) < 4.78 is 0. The number of anilines is 2. The van der Waals surface area contributed by atoms with Crippen LogP contribution in [0.15, 0.2) is 36.8 Å². The first-order valence-corrected chi connectivity index (χ1v) is 5.23. The fourth-order valence-electron chi connectivity index (χ4n) is 1.85. The number of nitrogens with two attached hydrogens (primary N) is 1. The highest BCUT2D eigenvalue weighted by Crippen LogP contribution is 2.27. The molecule has 0 atom stereocenters. The van der Waals surface area contributed by atoms with E-state index in [4.69, 9.17) is 5.73 Å². The Kier molecular flexibility index (Phi) is 2.09. The number of hydrogen-bond acceptors (Lipinski definition) is 5. The van der Waals surface area contributed by atoms with Gasteiger partial charge in [-0.05, 0) is 18.2 Å². The third kappa shape index (κ3) is 1.36. The third-order valence-corrected chi connectivity index (χ3v) is 2.72. The van der Waals surface area contributed by atoms with Gasteiger partial charge in [0.2, 0.25) is 0 Å². The Morgan fingerprint density at radius 1 is 1.00 bits per heavy atom. The minimum Gasteiger partial charge on any atom is -0.384 e. The normalized spacial score (nSPS) is 13.9. The van der Waals surface area contributed by atoms with Gasteiger partial charge < -0.3 is 5.73 Å². The Balaban J connectivity index is 2.09. The average Bonchev–Trinajstić information content (AvgIpc) is 2.64. The van der Waals surface area contributed by atoms with Crippen LogP contribution in [-0.2, 0) is 0 Å². The number of pyridine rings is 2. The molecule has 0 aromatic carbocycles. The number of aromatic nitrogens is 2. The molecule has 0 fully saturated rings. The van der Waals surface area contributed by atoms with E-state index in [1.165, 1.54) is 30.7 Å². The van der Waals surface area contributed by atoms with Crippen molar-refractivity contribution >= 4 is 23.3 Å². The standard InChI is InChI=1S/C12H8N4O2/c13-10-2-1-7(5-15-10)16-11(17)8-3-4-14-6-9(8)12(16)18/h1-6H,(H2,13,15). The van der Waals surface area contributed by atoms with E-state index >= 15 is 0 Å². The van der Waals surface area contributed by atoms with Gasteiger partial charge >= 0.3 is 0 Å². The quantitative estimate of drug-likeness (QED) is 0.746. The maximum Gasteiger partial charge on any atom is 0.267 e. The zero-order valence-corrected chi connectivity index (χ0v) is 9.20. The Morgan fingerprint density at radius 2 is 1.78 bits per heavy atom. The molecule has 0 aliphatic carbocycles. The molecule has 3 heterocycles. The summed E-state index contributed by atoms with van der Waals surface area (Å²) in [5.74, 6) is -0.435. The van der Waals surface area contributed by atoms with Crippen molar-refractivity contribution in [2.24, 2.45) is 0 Å². The minimum absolute atomic E-state index is 0.305. The van der Waals surface area contributed by atoms with E-state index in [2.05, 4.69) is 9.97 Å². The second-order valence-corrected chi connectivity index (χ2v) is 3.81. The molecule has 0 unspecified atom stereocenters. The Bertz CT molecular complexity index is 616. The van der Waals surface area contributed by atoms with Crippen LogP contribution in [0.25, 0.3) is 0 Å². The van der Waals surface area contributed by atoms with Crippen molar-refractivity contribution in [3.8, 4) is 0 Å². The van der Waals surface area contributed by atoms with Gasteiger partial charge in [0.25, 0.3) is 11.8 Å². The monoisotopic (exact) mass is 240 g/mol. The smallest absolute Gasteiger partial charge is 0.267 e. The van der Waals surface area contributed by atoms with Gasteiger partial charge in [0.15, 0.2) is 0 Å². The molecule has 2 amide bonds. The van der Waals surface area contributed by atoms with Gasteiger partial charge in [-0.3, -0.25) is 14.6 Å². The fourth-order valence-corrected chi connectivity index (χ4v) is 1.85. The first-order valence-electron chi connectivity index (χ1n) is 5.23. The topological polar surface area (TPSA) is 89.2 Å². The second kappa shape index (κ2) is 3.63. The fraction of sp³-hybridized carbons (Fsp3) is 0. The molecule has 2 N–H and O–H groups in total.